The Morgan fingerprint density at radius 3 is 2.81 bits per heavy atom. The van der Waals surface area contributed by atoms with Gasteiger partial charge in [-0.2, -0.15) is 0 Å². The molecule has 1 atom stereocenters. The van der Waals surface area contributed by atoms with Crippen LogP contribution in [-0.4, -0.2) is 23.1 Å². The second kappa shape index (κ2) is 7.96. The summed E-state index contributed by atoms with van der Waals surface area (Å²) in [4.78, 5) is 8.31. The number of nitrogens with zero attached hydrogens (tertiary/aromatic N) is 2. The average molecular weight is 306 g/mol. The lowest BCUT2D eigenvalue weighted by molar-refractivity contribution is 0.338. The molecule has 0 aliphatic carbocycles. The number of hydrogen-bond acceptors (Lipinski definition) is 4. The molecule has 0 aromatic carbocycles. The van der Waals surface area contributed by atoms with Gasteiger partial charge in [0.15, 0.2) is 0 Å². The van der Waals surface area contributed by atoms with Crippen LogP contribution in [0.1, 0.15) is 37.4 Å². The van der Waals surface area contributed by atoms with Crippen molar-refractivity contribution >= 4 is 11.6 Å². The third-order valence-corrected chi connectivity index (χ3v) is 3.41. The first kappa shape index (κ1) is 15.7. The molecule has 0 amide bonds. The van der Waals surface area contributed by atoms with Gasteiger partial charge in [-0.1, -0.05) is 18.5 Å². The molecule has 112 valence electrons. The lowest BCUT2D eigenvalue weighted by Crippen LogP contribution is -2.23. The van der Waals surface area contributed by atoms with Crippen molar-refractivity contribution in [2.45, 2.75) is 26.3 Å². The number of hydrogen-bond donors (Lipinski definition) is 1. The number of rotatable bonds is 7. The maximum Gasteiger partial charge on any atom is 0.137 e. The maximum atomic E-state index is 6.29. The van der Waals surface area contributed by atoms with E-state index in [4.69, 9.17) is 16.3 Å². The lowest BCUT2D eigenvalue weighted by atomic mass is 10.0. The molecule has 21 heavy (non-hydrogen) atoms. The van der Waals surface area contributed by atoms with E-state index in [-0.39, 0.29) is 6.04 Å². The van der Waals surface area contributed by atoms with Gasteiger partial charge in [0, 0.05) is 18.6 Å². The van der Waals surface area contributed by atoms with Crippen LogP contribution in [0, 0.1) is 0 Å². The van der Waals surface area contributed by atoms with Crippen molar-refractivity contribution in [3.8, 4) is 5.75 Å². The summed E-state index contributed by atoms with van der Waals surface area (Å²) in [6.07, 6.45) is 8.02. The van der Waals surface area contributed by atoms with Crippen LogP contribution < -0.4 is 10.1 Å². The van der Waals surface area contributed by atoms with Crippen LogP contribution in [0.2, 0.25) is 5.02 Å². The Labute approximate surface area is 130 Å². The van der Waals surface area contributed by atoms with Crippen molar-refractivity contribution < 1.29 is 4.74 Å². The van der Waals surface area contributed by atoms with E-state index in [1.807, 2.05) is 25.3 Å². The highest BCUT2D eigenvalue weighted by Crippen LogP contribution is 2.28. The van der Waals surface area contributed by atoms with Crippen LogP contribution in [0.5, 0.6) is 5.75 Å². The summed E-state index contributed by atoms with van der Waals surface area (Å²) in [5.74, 6) is 0.767. The van der Waals surface area contributed by atoms with E-state index in [0.29, 0.717) is 11.6 Å². The van der Waals surface area contributed by atoms with E-state index >= 15 is 0 Å². The summed E-state index contributed by atoms with van der Waals surface area (Å²) in [6.45, 7) is 5.60. The van der Waals surface area contributed by atoms with Crippen molar-refractivity contribution in [2.24, 2.45) is 0 Å². The molecular weight excluding hydrogens is 286 g/mol. The van der Waals surface area contributed by atoms with E-state index in [0.717, 1.165) is 29.8 Å². The van der Waals surface area contributed by atoms with Crippen LogP contribution in [0.3, 0.4) is 0 Å². The molecule has 0 saturated heterocycles. The Hall–Kier alpha value is -1.65. The molecule has 0 aliphatic rings. The number of ether oxygens (including phenoxy) is 1. The second-order valence-electron chi connectivity index (χ2n) is 4.67. The van der Waals surface area contributed by atoms with Gasteiger partial charge in [-0.25, -0.2) is 0 Å². The molecular formula is C16H20ClN3O. The molecule has 0 fully saturated rings. The van der Waals surface area contributed by atoms with Gasteiger partial charge in [0.25, 0.3) is 0 Å². The molecule has 1 unspecified atom stereocenters. The number of pyridine rings is 2. The zero-order chi connectivity index (χ0) is 15.1. The van der Waals surface area contributed by atoms with Crippen LogP contribution in [0.4, 0.5) is 0 Å². The highest BCUT2D eigenvalue weighted by molar-refractivity contribution is 6.31. The Morgan fingerprint density at radius 2 is 2.10 bits per heavy atom. The molecule has 4 nitrogen and oxygen atoms in total. The van der Waals surface area contributed by atoms with Crippen molar-refractivity contribution in [1.82, 2.24) is 15.3 Å². The third-order valence-electron chi connectivity index (χ3n) is 3.09. The summed E-state index contributed by atoms with van der Waals surface area (Å²) in [6, 6.07) is 3.91. The first-order valence-corrected chi connectivity index (χ1v) is 7.54. The SMILES string of the molecule is CCCNC(c1cncc(OCC)c1)c1ccncc1Cl. The zero-order valence-corrected chi connectivity index (χ0v) is 13.1. The molecule has 0 spiro atoms. The van der Waals surface area contributed by atoms with Gasteiger partial charge in [-0.15, -0.1) is 0 Å². The van der Waals surface area contributed by atoms with Crippen LogP contribution >= 0.6 is 11.6 Å². The fourth-order valence-corrected chi connectivity index (χ4v) is 2.38. The largest absolute Gasteiger partial charge is 0.492 e. The minimum Gasteiger partial charge on any atom is -0.492 e. The summed E-state index contributed by atoms with van der Waals surface area (Å²) in [5, 5.41) is 4.15. The van der Waals surface area contributed by atoms with Crippen LogP contribution in [-0.2, 0) is 0 Å². The molecule has 0 bridgehead atoms. The molecule has 1 N–H and O–H groups in total. The molecule has 0 saturated carbocycles. The number of halogens is 1. The normalized spacial score (nSPS) is 12.1. The van der Waals surface area contributed by atoms with Crippen molar-refractivity contribution in [1.29, 1.82) is 0 Å². The topological polar surface area (TPSA) is 47.0 Å². The van der Waals surface area contributed by atoms with Crippen LogP contribution in [0.25, 0.3) is 0 Å². The van der Waals surface area contributed by atoms with E-state index in [2.05, 4.69) is 22.2 Å². The molecule has 2 aromatic heterocycles. The molecule has 2 aromatic rings. The minimum atomic E-state index is -0.0200. The maximum absolute atomic E-state index is 6.29. The van der Waals surface area contributed by atoms with Gasteiger partial charge in [0.05, 0.1) is 23.9 Å². The highest BCUT2D eigenvalue weighted by Gasteiger charge is 2.17. The van der Waals surface area contributed by atoms with E-state index in [9.17, 15) is 0 Å². The van der Waals surface area contributed by atoms with E-state index < -0.39 is 0 Å². The molecule has 2 heterocycles. The van der Waals surface area contributed by atoms with Gasteiger partial charge in [0.1, 0.15) is 5.75 Å². The minimum absolute atomic E-state index is 0.0200. The van der Waals surface area contributed by atoms with Gasteiger partial charge in [0.2, 0.25) is 0 Å². The Kier molecular flexibility index (Phi) is 5.96. The highest BCUT2D eigenvalue weighted by atomic mass is 35.5. The Morgan fingerprint density at radius 1 is 1.24 bits per heavy atom. The molecule has 0 radical (unpaired) electrons. The van der Waals surface area contributed by atoms with Gasteiger partial charge in [-0.05, 0) is 43.1 Å². The predicted molar refractivity (Wildman–Crippen MR) is 84.8 cm³/mol. The lowest BCUT2D eigenvalue weighted by Gasteiger charge is -2.20. The first-order valence-electron chi connectivity index (χ1n) is 7.16. The Bertz CT molecular complexity index is 577. The monoisotopic (exact) mass is 305 g/mol. The number of aromatic nitrogens is 2. The third kappa shape index (κ3) is 4.16. The first-order chi connectivity index (χ1) is 10.3. The summed E-state index contributed by atoms with van der Waals surface area (Å²) >= 11 is 6.29. The van der Waals surface area contributed by atoms with Gasteiger partial charge < -0.3 is 10.1 Å². The standard InChI is InChI=1S/C16H20ClN3O/c1-3-6-20-16(14-5-7-18-11-15(14)17)12-8-13(21-4-2)10-19-9-12/h5,7-11,16,20H,3-4,6H2,1-2H3. The van der Waals surface area contributed by atoms with Crippen molar-refractivity contribution in [2.75, 3.05) is 13.2 Å². The molecule has 0 aliphatic heterocycles. The van der Waals surface area contributed by atoms with Crippen molar-refractivity contribution in [3.05, 3.63) is 53.1 Å². The van der Waals surface area contributed by atoms with E-state index in [1.165, 1.54) is 0 Å². The average Bonchev–Trinajstić information content (AvgIpc) is 2.50. The van der Waals surface area contributed by atoms with Crippen LogP contribution in [0.15, 0.2) is 36.9 Å². The fraction of sp³-hybridized carbons (Fsp3) is 0.375. The number of nitrogens with one attached hydrogen (secondary N) is 1. The zero-order valence-electron chi connectivity index (χ0n) is 12.3. The van der Waals surface area contributed by atoms with Gasteiger partial charge in [-0.3, -0.25) is 9.97 Å². The van der Waals surface area contributed by atoms with E-state index in [1.54, 1.807) is 18.6 Å². The summed E-state index contributed by atoms with van der Waals surface area (Å²) in [5.41, 5.74) is 2.03. The summed E-state index contributed by atoms with van der Waals surface area (Å²) in [7, 11) is 0. The molecule has 2 rings (SSSR count). The smallest absolute Gasteiger partial charge is 0.137 e. The Balaban J connectivity index is 2.36. The quantitative estimate of drug-likeness (QED) is 0.849. The van der Waals surface area contributed by atoms with Gasteiger partial charge >= 0.3 is 0 Å². The fourth-order valence-electron chi connectivity index (χ4n) is 2.16. The second-order valence-corrected chi connectivity index (χ2v) is 5.08. The van der Waals surface area contributed by atoms with Crippen molar-refractivity contribution in [3.63, 3.8) is 0 Å². The molecule has 5 heteroatoms. The summed E-state index contributed by atoms with van der Waals surface area (Å²) < 4.78 is 5.53. The predicted octanol–water partition coefficient (Wildman–Crippen LogP) is 3.62.